The summed E-state index contributed by atoms with van der Waals surface area (Å²) in [5.41, 5.74) is 3.38. The molecule has 2 N–H and O–H groups in total. The van der Waals surface area contributed by atoms with Crippen molar-refractivity contribution in [2.24, 2.45) is 5.92 Å². The van der Waals surface area contributed by atoms with E-state index in [0.29, 0.717) is 18.7 Å². The third-order valence-corrected chi connectivity index (χ3v) is 5.01. The zero-order valence-corrected chi connectivity index (χ0v) is 13.9. The minimum atomic E-state index is -0.188. The van der Waals surface area contributed by atoms with Crippen molar-refractivity contribution in [2.75, 3.05) is 27.2 Å². The van der Waals surface area contributed by atoms with Crippen molar-refractivity contribution in [2.45, 2.75) is 31.7 Å². The molecule has 0 unspecified atom stereocenters. The molecule has 5 heteroatoms. The Hall–Kier alpha value is -1.88. The summed E-state index contributed by atoms with van der Waals surface area (Å²) in [7, 11) is 3.62. The Morgan fingerprint density at radius 1 is 1.13 bits per heavy atom. The summed E-state index contributed by atoms with van der Waals surface area (Å²) >= 11 is 0. The third-order valence-electron chi connectivity index (χ3n) is 5.01. The van der Waals surface area contributed by atoms with Gasteiger partial charge in [0.1, 0.15) is 0 Å². The lowest BCUT2D eigenvalue weighted by Crippen LogP contribution is -2.45. The maximum Gasteiger partial charge on any atom is 0.251 e. The van der Waals surface area contributed by atoms with Crippen LogP contribution in [0.3, 0.4) is 0 Å². The molecule has 1 aromatic carbocycles. The zero-order valence-electron chi connectivity index (χ0n) is 13.9. The van der Waals surface area contributed by atoms with E-state index in [9.17, 15) is 9.59 Å². The maximum absolute atomic E-state index is 12.6. The van der Waals surface area contributed by atoms with E-state index >= 15 is 0 Å². The van der Waals surface area contributed by atoms with E-state index in [1.165, 1.54) is 24.0 Å². The number of hydrogen-bond acceptors (Lipinski definition) is 3. The molecule has 2 amide bonds. The number of hydrogen-bond donors (Lipinski definition) is 2. The van der Waals surface area contributed by atoms with Gasteiger partial charge in [-0.25, -0.2) is 0 Å². The fourth-order valence-electron chi connectivity index (χ4n) is 3.72. The standard InChI is InChI=1S/C18H25N3O2/c1-19-18(23)15-10-21(2)11-16(15)20-17(22)14-8-7-12-5-3-4-6-13(12)9-14/h7-9,15-16H,3-6,10-11H2,1-2H3,(H,19,23)(H,20,22)/t15-,16+/m1/s1. The van der Waals surface area contributed by atoms with Gasteiger partial charge in [-0.2, -0.15) is 0 Å². The molecule has 3 rings (SSSR count). The molecular formula is C18H25N3O2. The number of aryl methyl sites for hydroxylation is 2. The van der Waals surface area contributed by atoms with Gasteiger partial charge in [0.15, 0.2) is 0 Å². The largest absolute Gasteiger partial charge is 0.359 e. The van der Waals surface area contributed by atoms with Gasteiger partial charge in [0.05, 0.1) is 12.0 Å². The van der Waals surface area contributed by atoms with E-state index in [1.54, 1.807) is 7.05 Å². The van der Waals surface area contributed by atoms with E-state index in [0.717, 1.165) is 12.8 Å². The van der Waals surface area contributed by atoms with Gasteiger partial charge in [0, 0.05) is 25.7 Å². The van der Waals surface area contributed by atoms with E-state index in [2.05, 4.69) is 21.6 Å². The van der Waals surface area contributed by atoms with Crippen LogP contribution >= 0.6 is 0 Å². The van der Waals surface area contributed by atoms with E-state index in [-0.39, 0.29) is 23.8 Å². The summed E-state index contributed by atoms with van der Waals surface area (Å²) in [5.74, 6) is -0.274. The lowest BCUT2D eigenvalue weighted by atomic mass is 9.90. The van der Waals surface area contributed by atoms with Gasteiger partial charge in [-0.3, -0.25) is 9.59 Å². The molecular weight excluding hydrogens is 290 g/mol. The zero-order chi connectivity index (χ0) is 16.4. The smallest absolute Gasteiger partial charge is 0.251 e. The molecule has 124 valence electrons. The van der Waals surface area contributed by atoms with Gasteiger partial charge in [0.2, 0.25) is 5.91 Å². The molecule has 1 fully saturated rings. The van der Waals surface area contributed by atoms with Crippen LogP contribution in [0.15, 0.2) is 18.2 Å². The molecule has 0 aromatic heterocycles. The SMILES string of the molecule is CNC(=O)[C@@H]1CN(C)C[C@@H]1NC(=O)c1ccc2c(c1)CCCC2. The van der Waals surface area contributed by atoms with Crippen LogP contribution in [0.2, 0.25) is 0 Å². The lowest BCUT2D eigenvalue weighted by Gasteiger charge is -2.20. The van der Waals surface area contributed by atoms with Crippen LogP contribution in [0.1, 0.15) is 34.3 Å². The predicted molar refractivity (Wildman–Crippen MR) is 89.4 cm³/mol. The van der Waals surface area contributed by atoms with Gasteiger partial charge in [0.25, 0.3) is 5.91 Å². The average molecular weight is 315 g/mol. The molecule has 1 aliphatic heterocycles. The van der Waals surface area contributed by atoms with E-state index in [4.69, 9.17) is 0 Å². The number of rotatable bonds is 3. The highest BCUT2D eigenvalue weighted by molar-refractivity contribution is 5.95. The highest BCUT2D eigenvalue weighted by atomic mass is 16.2. The minimum absolute atomic E-state index is 0.00918. The Kier molecular flexibility index (Phi) is 4.66. The molecule has 0 radical (unpaired) electrons. The quantitative estimate of drug-likeness (QED) is 0.874. The number of carbonyl (C=O) groups is 2. The van der Waals surface area contributed by atoms with E-state index < -0.39 is 0 Å². The summed E-state index contributed by atoms with van der Waals surface area (Å²) in [6, 6.07) is 5.88. The first-order chi connectivity index (χ1) is 11.1. The van der Waals surface area contributed by atoms with Crippen molar-refractivity contribution < 1.29 is 9.59 Å². The van der Waals surface area contributed by atoms with Gasteiger partial charge in [-0.1, -0.05) is 6.07 Å². The van der Waals surface area contributed by atoms with Crippen LogP contribution in [0.5, 0.6) is 0 Å². The second kappa shape index (κ2) is 6.71. The number of likely N-dealkylation sites (tertiary alicyclic amines) is 1. The highest BCUT2D eigenvalue weighted by Gasteiger charge is 2.36. The lowest BCUT2D eigenvalue weighted by molar-refractivity contribution is -0.124. The first-order valence-electron chi connectivity index (χ1n) is 8.41. The third kappa shape index (κ3) is 3.39. The fraction of sp³-hybridized carbons (Fsp3) is 0.556. The summed E-state index contributed by atoms with van der Waals surface area (Å²) in [4.78, 5) is 26.7. The highest BCUT2D eigenvalue weighted by Crippen LogP contribution is 2.23. The Bertz CT molecular complexity index is 614. The van der Waals surface area contributed by atoms with Crippen LogP contribution in [0, 0.1) is 5.92 Å². The van der Waals surface area contributed by atoms with Gasteiger partial charge in [-0.05, 0) is 56.0 Å². The molecule has 5 nitrogen and oxygen atoms in total. The van der Waals surface area contributed by atoms with Crippen LogP contribution in [-0.4, -0.2) is 49.9 Å². The van der Waals surface area contributed by atoms with E-state index in [1.807, 2.05) is 19.2 Å². The average Bonchev–Trinajstić information content (AvgIpc) is 2.94. The molecule has 23 heavy (non-hydrogen) atoms. The predicted octanol–water partition coefficient (Wildman–Crippen LogP) is 0.971. The Morgan fingerprint density at radius 3 is 2.61 bits per heavy atom. The van der Waals surface area contributed by atoms with Crippen molar-refractivity contribution in [1.82, 2.24) is 15.5 Å². The van der Waals surface area contributed by atoms with Crippen molar-refractivity contribution in [3.63, 3.8) is 0 Å². The Labute approximate surface area is 137 Å². The molecule has 0 bridgehead atoms. The Balaban J connectivity index is 1.72. The number of fused-ring (bicyclic) bond motifs is 1. The molecule has 1 aliphatic carbocycles. The molecule has 1 heterocycles. The van der Waals surface area contributed by atoms with Crippen molar-refractivity contribution >= 4 is 11.8 Å². The van der Waals surface area contributed by atoms with Crippen molar-refractivity contribution in [3.8, 4) is 0 Å². The summed E-state index contributed by atoms with van der Waals surface area (Å²) in [6.45, 7) is 1.38. The van der Waals surface area contributed by atoms with Crippen molar-refractivity contribution in [3.05, 3.63) is 34.9 Å². The Morgan fingerprint density at radius 2 is 1.87 bits per heavy atom. The molecule has 1 saturated heterocycles. The normalized spacial score (nSPS) is 24.1. The minimum Gasteiger partial charge on any atom is -0.359 e. The van der Waals surface area contributed by atoms with Crippen LogP contribution in [-0.2, 0) is 17.6 Å². The number of likely N-dealkylation sites (N-methyl/N-ethyl adjacent to an activating group) is 1. The van der Waals surface area contributed by atoms with Crippen LogP contribution in [0.4, 0.5) is 0 Å². The summed E-state index contributed by atoms with van der Waals surface area (Å²) in [5, 5.41) is 5.75. The first kappa shape index (κ1) is 16.0. The first-order valence-corrected chi connectivity index (χ1v) is 8.41. The van der Waals surface area contributed by atoms with Crippen molar-refractivity contribution in [1.29, 1.82) is 0 Å². The van der Waals surface area contributed by atoms with Gasteiger partial charge in [-0.15, -0.1) is 0 Å². The second-order valence-corrected chi connectivity index (χ2v) is 6.71. The second-order valence-electron chi connectivity index (χ2n) is 6.71. The van der Waals surface area contributed by atoms with Gasteiger partial charge < -0.3 is 15.5 Å². The molecule has 0 spiro atoms. The molecule has 2 atom stereocenters. The molecule has 2 aliphatic rings. The summed E-state index contributed by atoms with van der Waals surface area (Å²) in [6.07, 6.45) is 4.61. The molecule has 1 aromatic rings. The monoisotopic (exact) mass is 315 g/mol. The number of nitrogens with zero attached hydrogens (tertiary/aromatic N) is 1. The number of carbonyl (C=O) groups excluding carboxylic acids is 2. The number of benzene rings is 1. The number of amides is 2. The van der Waals surface area contributed by atoms with Crippen LogP contribution in [0.25, 0.3) is 0 Å². The summed E-state index contributed by atoms with van der Waals surface area (Å²) < 4.78 is 0. The fourth-order valence-corrected chi connectivity index (χ4v) is 3.72. The maximum atomic E-state index is 12.6. The van der Waals surface area contributed by atoms with Crippen LogP contribution < -0.4 is 10.6 Å². The number of nitrogens with one attached hydrogen (secondary N) is 2. The van der Waals surface area contributed by atoms with Gasteiger partial charge >= 0.3 is 0 Å². The molecule has 0 saturated carbocycles. The topological polar surface area (TPSA) is 61.4 Å².